The summed E-state index contributed by atoms with van der Waals surface area (Å²) >= 11 is 30.8. The Morgan fingerprint density at radius 1 is 0.378 bits per heavy atom. The molecule has 192 valence electrons. The second-order valence-electron chi connectivity index (χ2n) is 5.89. The minimum atomic E-state index is -1.23. The number of carbonyl (C=O) groups excluding carboxylic acids is 6. The van der Waals surface area contributed by atoms with E-state index in [0.717, 1.165) is 0 Å². The third-order valence-electron chi connectivity index (χ3n) is 3.68. The Labute approximate surface area is 261 Å². The predicted octanol–water partition coefficient (Wildman–Crippen LogP) is -0.128. The van der Waals surface area contributed by atoms with Crippen LogP contribution in [0.2, 0.25) is 0 Å². The van der Waals surface area contributed by atoms with Crippen LogP contribution >= 0.6 is 69.6 Å². The number of ketones is 6. The average molecular weight is 763 g/mol. The molecular weight excluding hydrogens is 760 g/mol. The van der Waals surface area contributed by atoms with Crippen LogP contribution in [0.3, 0.4) is 0 Å². The van der Waals surface area contributed by atoms with Gasteiger partial charge in [0.05, 0.1) is 15.1 Å². The molecule has 3 aliphatic rings. The topological polar surface area (TPSA) is 232 Å². The van der Waals surface area contributed by atoms with E-state index in [0.29, 0.717) is 0 Å². The van der Waals surface area contributed by atoms with Gasteiger partial charge in [0.25, 0.3) is 0 Å². The minimum absolute atomic E-state index is 0. The van der Waals surface area contributed by atoms with Crippen molar-refractivity contribution in [2.45, 2.75) is 0 Å². The summed E-state index contributed by atoms with van der Waals surface area (Å²) in [5.41, 5.74) is 0. The van der Waals surface area contributed by atoms with E-state index in [4.69, 9.17) is 84.9 Å². The van der Waals surface area contributed by atoms with E-state index in [1.807, 2.05) is 0 Å². The number of allylic oxidation sites excluding steroid dienone is 6. The molecular formula is C18H3Cl6LaO12. The molecule has 37 heavy (non-hydrogen) atoms. The smallest absolute Gasteiger partial charge is 0.869 e. The Balaban J connectivity index is 0.000000518. The maximum atomic E-state index is 10.8. The number of rotatable bonds is 0. The van der Waals surface area contributed by atoms with Gasteiger partial charge in [0.2, 0.25) is 17.3 Å². The summed E-state index contributed by atoms with van der Waals surface area (Å²) in [5, 5.41) is 53.8. The zero-order valence-electron chi connectivity index (χ0n) is 16.9. The molecule has 0 bridgehead atoms. The summed E-state index contributed by atoms with van der Waals surface area (Å²) in [4.78, 5) is 64.5. The molecule has 0 fully saturated rings. The number of aliphatic hydroxyl groups is 3. The third kappa shape index (κ3) is 7.19. The van der Waals surface area contributed by atoms with Gasteiger partial charge in [0, 0.05) is 0 Å². The van der Waals surface area contributed by atoms with Gasteiger partial charge in [0.1, 0.15) is 15.1 Å². The van der Waals surface area contributed by atoms with Crippen molar-refractivity contribution in [2.75, 3.05) is 0 Å². The molecule has 3 rings (SSSR count). The van der Waals surface area contributed by atoms with Gasteiger partial charge in [-0.05, 0) is 17.3 Å². The first-order valence-corrected chi connectivity index (χ1v) is 10.4. The van der Waals surface area contributed by atoms with Crippen LogP contribution < -0.4 is 15.3 Å². The molecule has 0 aliphatic heterocycles. The average Bonchev–Trinajstić information content (AvgIpc) is 2.87. The Morgan fingerprint density at radius 3 is 0.811 bits per heavy atom. The minimum Gasteiger partial charge on any atom is -0.869 e. The van der Waals surface area contributed by atoms with Crippen molar-refractivity contribution >= 4 is 104 Å². The van der Waals surface area contributed by atoms with Gasteiger partial charge in [-0.25, -0.2) is 0 Å². The number of halogens is 6. The molecule has 12 nitrogen and oxygen atoms in total. The summed E-state index contributed by atoms with van der Waals surface area (Å²) in [6, 6.07) is 0. The molecule has 0 atom stereocenters. The molecule has 0 radical (unpaired) electrons. The largest absolute Gasteiger partial charge is 3.00 e. The molecule has 0 heterocycles. The second kappa shape index (κ2) is 13.8. The number of hydrogen-bond acceptors (Lipinski definition) is 12. The van der Waals surface area contributed by atoms with E-state index in [1.165, 1.54) is 0 Å². The number of carbonyl (C=O) groups is 6. The first-order chi connectivity index (χ1) is 16.4. The number of aliphatic hydroxyl groups excluding tert-OH is 3. The van der Waals surface area contributed by atoms with E-state index in [9.17, 15) is 44.1 Å². The van der Waals surface area contributed by atoms with Crippen molar-refractivity contribution in [3.8, 4) is 0 Å². The Bertz CT molecular complexity index is 1000. The van der Waals surface area contributed by atoms with Crippen LogP contribution in [0.15, 0.2) is 64.7 Å². The van der Waals surface area contributed by atoms with E-state index >= 15 is 0 Å². The normalized spacial score (nSPS) is 18.6. The van der Waals surface area contributed by atoms with Crippen LogP contribution in [0.1, 0.15) is 0 Å². The van der Waals surface area contributed by atoms with Gasteiger partial charge in [-0.3, -0.25) is 28.8 Å². The molecule has 19 heteroatoms. The van der Waals surface area contributed by atoms with Gasteiger partial charge in [-0.1, -0.05) is 69.6 Å². The molecule has 0 unspecified atom stereocenters. The van der Waals surface area contributed by atoms with Crippen molar-refractivity contribution in [1.29, 1.82) is 0 Å². The zero-order chi connectivity index (χ0) is 28.4. The van der Waals surface area contributed by atoms with Crippen LogP contribution in [0.4, 0.5) is 0 Å². The van der Waals surface area contributed by atoms with E-state index in [1.54, 1.807) is 0 Å². The van der Waals surface area contributed by atoms with Crippen LogP contribution in [-0.4, -0.2) is 50.0 Å². The maximum Gasteiger partial charge on any atom is 3.00 e. The summed E-state index contributed by atoms with van der Waals surface area (Å²) in [6.07, 6.45) is 0. The van der Waals surface area contributed by atoms with Crippen LogP contribution in [-0.2, 0) is 28.8 Å². The van der Waals surface area contributed by atoms with Gasteiger partial charge in [-0.15, -0.1) is 0 Å². The number of hydrogen-bond donors (Lipinski definition) is 3. The molecule has 0 amide bonds. The van der Waals surface area contributed by atoms with Crippen LogP contribution in [0, 0.1) is 35.6 Å². The summed E-state index contributed by atoms with van der Waals surface area (Å²) in [5.74, 6) is -13.4. The Hall–Kier alpha value is -1.81. The predicted molar refractivity (Wildman–Crippen MR) is 115 cm³/mol. The van der Waals surface area contributed by atoms with Gasteiger partial charge in [0.15, 0.2) is 34.6 Å². The first kappa shape index (κ1) is 35.2. The second-order valence-corrected chi connectivity index (χ2v) is 8.16. The Morgan fingerprint density at radius 2 is 0.541 bits per heavy atom. The standard InChI is InChI=1S/3C6H2Cl2O4.La/c3*7-1-3(9)5(11)2(8)6(12)4(1)10;/h3*9,12H;/q;;;+3/p-3. The zero-order valence-corrected chi connectivity index (χ0v) is 25.0. The summed E-state index contributed by atoms with van der Waals surface area (Å²) in [7, 11) is 0. The van der Waals surface area contributed by atoms with Crippen molar-refractivity contribution in [2.24, 2.45) is 0 Å². The molecule has 0 aromatic carbocycles. The van der Waals surface area contributed by atoms with Crippen molar-refractivity contribution in [3.05, 3.63) is 64.7 Å². The van der Waals surface area contributed by atoms with Gasteiger partial charge < -0.3 is 30.6 Å². The molecule has 3 N–H and O–H groups in total. The fraction of sp³-hybridized carbons (Fsp3) is 0. The van der Waals surface area contributed by atoms with Crippen LogP contribution in [0.25, 0.3) is 0 Å². The van der Waals surface area contributed by atoms with Gasteiger partial charge in [-0.2, -0.15) is 0 Å². The SMILES string of the molecule is O=C1C(O)=C(Cl)C(=O)C(O)=C1Cl.O=C1C(O)=C(Cl)C(=O)C([O-])=C1Cl.O=C1C([O-])=C(Cl)C(=O)C([O-])=C1Cl.[La+3]. The van der Waals surface area contributed by atoms with Crippen molar-refractivity contribution in [1.82, 2.24) is 0 Å². The van der Waals surface area contributed by atoms with E-state index in [2.05, 4.69) is 0 Å². The maximum absolute atomic E-state index is 10.8. The molecule has 0 saturated heterocycles. The fourth-order valence-electron chi connectivity index (χ4n) is 1.84. The summed E-state index contributed by atoms with van der Waals surface area (Å²) in [6.45, 7) is 0. The third-order valence-corrected chi connectivity index (χ3v) is 5.76. The first-order valence-electron chi connectivity index (χ1n) is 8.14. The summed E-state index contributed by atoms with van der Waals surface area (Å²) < 4.78 is 0. The molecule has 3 aliphatic carbocycles. The Kier molecular flexibility index (Phi) is 13.2. The quantitative estimate of drug-likeness (QED) is 0.274. The van der Waals surface area contributed by atoms with Crippen molar-refractivity contribution in [3.63, 3.8) is 0 Å². The molecule has 0 aromatic rings. The van der Waals surface area contributed by atoms with E-state index in [-0.39, 0.29) is 35.6 Å². The molecule has 0 saturated carbocycles. The molecule has 0 aromatic heterocycles. The van der Waals surface area contributed by atoms with Crippen molar-refractivity contribution < 1.29 is 95.0 Å². The van der Waals surface area contributed by atoms with Gasteiger partial charge >= 0.3 is 35.6 Å². The fourth-order valence-corrected chi connectivity index (χ4v) is 2.88. The molecule has 0 spiro atoms. The monoisotopic (exact) mass is 760 g/mol. The van der Waals surface area contributed by atoms with Crippen LogP contribution in [0.5, 0.6) is 0 Å². The van der Waals surface area contributed by atoms with E-state index < -0.39 is 99.4 Å². The number of Topliss-reactive ketones (excluding diaryl/α,β-unsaturated/α-hetero) is 6.